The Hall–Kier alpha value is -11.4. The first-order valence-corrected chi connectivity index (χ1v) is 36.0. The molecule has 2 fully saturated rings. The highest BCUT2D eigenvalue weighted by molar-refractivity contribution is 5.96. The van der Waals surface area contributed by atoms with Crippen molar-refractivity contribution in [2.24, 2.45) is 5.73 Å². The van der Waals surface area contributed by atoms with Gasteiger partial charge in [-0.05, 0) is 165 Å². The molecule has 2 aliphatic rings. The standard InChI is InChI=1S/C77H93N19O9/c1-47(79-68(98)18-12-38-104-57-16-10-14-51(40-57)70-83-59-24-20-53(42-63(59)87-70)72-85-61-26-22-55(44-65(61)89-72)94-34-30-91(5)31-35-94)74(100)80-48(2)75(101)81-49(3)76(102)82-50(4)77(103)96(46-67(78)97)29-9-8-28-93(7)69(99)19-13-39-105-58-17-11-15-52(41-58)71-84-60-25-21-54(43-64(60)88-71)73-86-62-27-23-56(45-66(62)90-73)95-36-32-92(6)33-37-95/h10-11,14-17,20-27,40-45,47-50H,8-9,12-13,18-19,28-39,46H2,1-7H3,(H2,78,97)(H,79,98)(H,80,100)(H,81,101)(H,82,102)(H,83,87)(H,84,88)(H,85,89)(H,86,90)/t47-,48-,49-,50-/m1/s1. The van der Waals surface area contributed by atoms with Crippen LogP contribution in [0.3, 0.4) is 0 Å². The lowest BCUT2D eigenvalue weighted by Gasteiger charge is -2.34. The summed E-state index contributed by atoms with van der Waals surface area (Å²) in [6.45, 7) is 14.5. The Labute approximate surface area is 608 Å². The Morgan fingerprint density at radius 1 is 0.467 bits per heavy atom. The van der Waals surface area contributed by atoms with Gasteiger partial charge in [-0.25, -0.2) is 19.9 Å². The molecular weight excluding hydrogens is 1330 g/mol. The highest BCUT2D eigenvalue weighted by atomic mass is 16.5. The van der Waals surface area contributed by atoms with Gasteiger partial charge in [-0.15, -0.1) is 0 Å². The highest BCUT2D eigenvalue weighted by Crippen LogP contribution is 2.32. The third-order valence-electron chi connectivity index (χ3n) is 19.3. The van der Waals surface area contributed by atoms with E-state index in [1.54, 1.807) is 11.9 Å². The number of fused-ring (bicyclic) bond motifs is 4. The summed E-state index contributed by atoms with van der Waals surface area (Å²) in [5.41, 5.74) is 18.5. The number of nitrogens with one attached hydrogen (secondary N) is 8. The first-order chi connectivity index (χ1) is 50.6. The summed E-state index contributed by atoms with van der Waals surface area (Å²) < 4.78 is 12.1. The Morgan fingerprint density at radius 3 is 1.48 bits per heavy atom. The molecule has 10 N–H and O–H groups in total. The van der Waals surface area contributed by atoms with E-state index in [1.165, 1.54) is 44.0 Å². The van der Waals surface area contributed by atoms with Crippen LogP contribution < -0.4 is 46.3 Å². The molecule has 2 aliphatic heterocycles. The Balaban J connectivity index is 0.516. The summed E-state index contributed by atoms with van der Waals surface area (Å²) in [6.07, 6.45) is 2.06. The molecule has 7 amide bonds. The largest absolute Gasteiger partial charge is 0.494 e. The number of carbonyl (C=O) groups is 7. The molecule has 0 aliphatic carbocycles. The molecule has 4 aromatic heterocycles. The molecule has 2 saturated heterocycles. The summed E-state index contributed by atoms with van der Waals surface area (Å²) >= 11 is 0. The molecule has 0 spiro atoms. The topological polar surface area (TPSA) is 346 Å². The van der Waals surface area contributed by atoms with Gasteiger partial charge in [0.15, 0.2) is 0 Å². The van der Waals surface area contributed by atoms with Gasteiger partial charge >= 0.3 is 0 Å². The van der Waals surface area contributed by atoms with Crippen molar-refractivity contribution < 1.29 is 43.0 Å². The van der Waals surface area contributed by atoms with E-state index >= 15 is 0 Å². The molecule has 28 nitrogen and oxygen atoms in total. The monoisotopic (exact) mass is 1430 g/mol. The molecule has 105 heavy (non-hydrogen) atoms. The number of benzene rings is 6. The van der Waals surface area contributed by atoms with Gasteiger partial charge in [-0.2, -0.15) is 0 Å². The molecule has 10 aromatic rings. The average Bonchev–Trinajstić information content (AvgIpc) is 1.64. The van der Waals surface area contributed by atoms with Gasteiger partial charge in [0, 0.05) is 119 Å². The Morgan fingerprint density at radius 2 is 0.905 bits per heavy atom. The third-order valence-corrected chi connectivity index (χ3v) is 19.3. The number of amides is 7. The van der Waals surface area contributed by atoms with Gasteiger partial charge in [-0.1, -0.05) is 24.3 Å². The highest BCUT2D eigenvalue weighted by Gasteiger charge is 2.29. The van der Waals surface area contributed by atoms with E-state index in [9.17, 15) is 33.6 Å². The maximum Gasteiger partial charge on any atom is 0.245 e. The fourth-order valence-electron chi connectivity index (χ4n) is 13.0. The molecule has 4 atom stereocenters. The molecule has 12 rings (SSSR count). The summed E-state index contributed by atoms with van der Waals surface area (Å²) in [4.78, 5) is 137. The number of rotatable bonds is 31. The van der Waals surface area contributed by atoms with Crippen molar-refractivity contribution in [3.63, 3.8) is 0 Å². The first kappa shape index (κ1) is 73.4. The van der Waals surface area contributed by atoms with Crippen LogP contribution in [0.5, 0.6) is 11.5 Å². The van der Waals surface area contributed by atoms with Crippen molar-refractivity contribution in [2.75, 3.05) is 116 Å². The van der Waals surface area contributed by atoms with Gasteiger partial charge in [0.2, 0.25) is 41.4 Å². The maximum atomic E-state index is 13.6. The van der Waals surface area contributed by atoms with Crippen molar-refractivity contribution in [2.45, 2.75) is 90.4 Å². The van der Waals surface area contributed by atoms with E-state index in [2.05, 4.69) is 111 Å². The number of piperazine rings is 2. The number of carbonyl (C=O) groups excluding carboxylic acids is 7. The number of unbranched alkanes of at least 4 members (excludes halogenated alkanes) is 1. The van der Waals surface area contributed by atoms with Crippen LogP contribution in [0.4, 0.5) is 11.4 Å². The quantitative estimate of drug-likeness (QED) is 0.0198. The van der Waals surface area contributed by atoms with Gasteiger partial charge in [0.1, 0.15) is 59.0 Å². The molecule has 6 aromatic carbocycles. The van der Waals surface area contributed by atoms with Crippen LogP contribution in [0.25, 0.3) is 89.7 Å². The average molecular weight is 1430 g/mol. The van der Waals surface area contributed by atoms with Crippen molar-refractivity contribution in [1.82, 2.24) is 80.7 Å². The second-order valence-corrected chi connectivity index (χ2v) is 27.5. The molecule has 0 bridgehead atoms. The molecule has 0 saturated carbocycles. The second kappa shape index (κ2) is 33.4. The lowest BCUT2D eigenvalue weighted by atomic mass is 10.2. The zero-order valence-electron chi connectivity index (χ0n) is 60.5. The van der Waals surface area contributed by atoms with Crippen molar-refractivity contribution in [1.29, 1.82) is 0 Å². The number of likely N-dealkylation sites (N-methyl/N-ethyl adjacent to an activating group) is 2. The first-order valence-electron chi connectivity index (χ1n) is 36.0. The lowest BCUT2D eigenvalue weighted by molar-refractivity contribution is -0.139. The number of aromatic amines is 4. The summed E-state index contributed by atoms with van der Waals surface area (Å²) in [5, 5.41) is 10.4. The number of aromatic nitrogens is 8. The smallest absolute Gasteiger partial charge is 0.245 e. The number of hydrogen-bond donors (Lipinski definition) is 9. The number of nitrogens with two attached hydrogens (primary N) is 1. The van der Waals surface area contributed by atoms with Gasteiger partial charge in [-0.3, -0.25) is 33.6 Å². The minimum absolute atomic E-state index is 0.0632. The summed E-state index contributed by atoms with van der Waals surface area (Å²) in [6, 6.07) is 35.7. The number of imidazole rings is 4. The number of hydrogen-bond acceptors (Lipinski definition) is 17. The van der Waals surface area contributed by atoms with E-state index in [4.69, 9.17) is 35.1 Å². The van der Waals surface area contributed by atoms with Crippen LogP contribution in [0.2, 0.25) is 0 Å². The predicted octanol–water partition coefficient (Wildman–Crippen LogP) is 6.95. The molecule has 0 radical (unpaired) electrons. The van der Waals surface area contributed by atoms with E-state index < -0.39 is 66.2 Å². The second-order valence-electron chi connectivity index (χ2n) is 27.5. The van der Waals surface area contributed by atoms with E-state index in [-0.39, 0.29) is 31.9 Å². The Kier molecular flexibility index (Phi) is 23.3. The van der Waals surface area contributed by atoms with Crippen LogP contribution in [-0.4, -0.2) is 231 Å². The van der Waals surface area contributed by atoms with Crippen molar-refractivity contribution in [3.05, 3.63) is 121 Å². The fourth-order valence-corrected chi connectivity index (χ4v) is 13.0. The zero-order chi connectivity index (χ0) is 73.8. The maximum absolute atomic E-state index is 13.6. The number of H-pyrrole nitrogens is 4. The molecule has 550 valence electrons. The van der Waals surface area contributed by atoms with Crippen molar-refractivity contribution in [3.8, 4) is 57.1 Å². The van der Waals surface area contributed by atoms with Gasteiger partial charge in [0.05, 0.1) is 63.9 Å². The summed E-state index contributed by atoms with van der Waals surface area (Å²) in [5.74, 6) is 0.346. The number of anilines is 2. The number of primary amides is 1. The molecule has 0 unspecified atom stereocenters. The lowest BCUT2D eigenvalue weighted by Crippen LogP contribution is -2.56. The SMILES string of the molecule is C[C@@H](NC(=O)CCCOc1cccc(-c2nc3ccc(-c4nc5ccc(N6CCN(C)CC6)cc5[nH]4)cc3[nH]2)c1)C(=O)N[C@H](C)C(=O)N[C@H](C)C(=O)N[C@H](C)C(=O)N(CCCCN(C)C(=O)CCCOc1cccc(-c2nc3cc(-c4nc5cc(N6CCN(C)CC6)ccc5[nH]4)ccc3[nH]2)c1)CC(N)=O. The van der Waals surface area contributed by atoms with E-state index in [1.807, 2.05) is 84.9 Å². The molecule has 28 heteroatoms. The van der Waals surface area contributed by atoms with E-state index in [0.29, 0.717) is 62.0 Å². The minimum Gasteiger partial charge on any atom is -0.494 e. The fraction of sp³-hybridized carbons (Fsp3) is 0.390. The zero-order valence-corrected chi connectivity index (χ0v) is 60.5. The third kappa shape index (κ3) is 18.7. The summed E-state index contributed by atoms with van der Waals surface area (Å²) in [7, 11) is 6.01. The van der Waals surface area contributed by atoms with Crippen LogP contribution >= 0.6 is 0 Å². The molecular formula is C77H93N19O9. The Bertz CT molecular complexity index is 4780. The van der Waals surface area contributed by atoms with E-state index in [0.717, 1.165) is 130 Å². The number of ether oxygens (including phenoxy) is 2. The van der Waals surface area contributed by atoms with Crippen LogP contribution in [0, 0.1) is 0 Å². The number of nitrogens with zero attached hydrogens (tertiary/aromatic N) is 10. The van der Waals surface area contributed by atoms with Crippen LogP contribution in [0.15, 0.2) is 121 Å². The van der Waals surface area contributed by atoms with Gasteiger partial charge in [0.25, 0.3) is 0 Å². The van der Waals surface area contributed by atoms with Crippen LogP contribution in [-0.2, 0) is 33.6 Å². The van der Waals surface area contributed by atoms with Gasteiger partial charge < -0.3 is 85.8 Å². The van der Waals surface area contributed by atoms with Crippen LogP contribution in [0.1, 0.15) is 66.2 Å². The molecule has 6 heterocycles. The van der Waals surface area contributed by atoms with Crippen molar-refractivity contribution >= 4 is 96.9 Å². The predicted molar refractivity (Wildman–Crippen MR) is 405 cm³/mol. The minimum atomic E-state index is -1.14. The normalized spacial score (nSPS) is 14.8.